The molecule has 5 nitrogen and oxygen atoms in total. The third kappa shape index (κ3) is 3.32. The average Bonchev–Trinajstić information content (AvgIpc) is 3.18. The van der Waals surface area contributed by atoms with E-state index in [1.165, 1.54) is 23.7 Å². The van der Waals surface area contributed by atoms with Crippen molar-refractivity contribution >= 4 is 54.4 Å². The van der Waals surface area contributed by atoms with Gasteiger partial charge in [-0.2, -0.15) is 0 Å². The standard InChI is InChI=1S/C23H12BrNO4S/c24-17-6-2-1-5-14(17)23(27)29-13-9-10-15-19(11-13)28-12-16(21(15)26)22-25-18-7-3-4-8-20(18)30-22/h1-12H. The Labute approximate surface area is 182 Å². The maximum absolute atomic E-state index is 13.0. The van der Waals surface area contributed by atoms with Crippen LogP contribution in [0.1, 0.15) is 10.4 Å². The van der Waals surface area contributed by atoms with Crippen LogP contribution in [-0.4, -0.2) is 11.0 Å². The molecular formula is C23H12BrNO4S. The molecule has 0 amide bonds. The minimum atomic E-state index is -0.504. The number of thiazole rings is 1. The van der Waals surface area contributed by atoms with Gasteiger partial charge in [-0.1, -0.05) is 24.3 Å². The maximum atomic E-state index is 13.0. The quantitative estimate of drug-likeness (QED) is 0.233. The Balaban J connectivity index is 1.50. The van der Waals surface area contributed by atoms with Crippen molar-refractivity contribution < 1.29 is 13.9 Å². The molecule has 0 atom stereocenters. The Bertz CT molecular complexity index is 1450. The van der Waals surface area contributed by atoms with Crippen molar-refractivity contribution in [2.45, 2.75) is 0 Å². The molecule has 0 aliphatic carbocycles. The van der Waals surface area contributed by atoms with Crippen molar-refractivity contribution in [3.05, 3.63) is 93.3 Å². The zero-order chi connectivity index (χ0) is 20.7. The number of halogens is 1. The number of esters is 1. The highest BCUT2D eigenvalue weighted by molar-refractivity contribution is 9.10. The molecule has 0 aliphatic heterocycles. The second-order valence-corrected chi connectivity index (χ2v) is 8.38. The first-order chi connectivity index (χ1) is 14.6. The van der Waals surface area contributed by atoms with Gasteiger partial charge >= 0.3 is 5.97 Å². The molecule has 0 saturated heterocycles. The van der Waals surface area contributed by atoms with E-state index in [-0.39, 0.29) is 5.43 Å². The van der Waals surface area contributed by atoms with Gasteiger partial charge in [0.05, 0.1) is 26.7 Å². The van der Waals surface area contributed by atoms with Gasteiger partial charge < -0.3 is 9.15 Å². The van der Waals surface area contributed by atoms with Crippen LogP contribution in [0.15, 0.2) is 86.7 Å². The van der Waals surface area contributed by atoms with Crippen LogP contribution in [0.4, 0.5) is 0 Å². The number of fused-ring (bicyclic) bond motifs is 2. The molecule has 5 aromatic rings. The Hall–Kier alpha value is -3.29. The number of carbonyl (C=O) groups excluding carboxylic acids is 1. The summed E-state index contributed by atoms with van der Waals surface area (Å²) in [4.78, 5) is 29.9. The predicted octanol–water partition coefficient (Wildman–Crippen LogP) is 6.05. The lowest BCUT2D eigenvalue weighted by Crippen LogP contribution is -2.09. The highest BCUT2D eigenvalue weighted by Gasteiger charge is 2.16. The van der Waals surface area contributed by atoms with Gasteiger partial charge in [0, 0.05) is 10.5 Å². The number of benzene rings is 3. The van der Waals surface area contributed by atoms with Crippen LogP contribution in [0.2, 0.25) is 0 Å². The van der Waals surface area contributed by atoms with E-state index in [1.807, 2.05) is 30.3 Å². The molecule has 0 fully saturated rings. The molecule has 0 unspecified atom stereocenters. The molecule has 0 N–H and O–H groups in total. The third-order valence-electron chi connectivity index (χ3n) is 4.57. The van der Waals surface area contributed by atoms with Crippen LogP contribution in [0.3, 0.4) is 0 Å². The highest BCUT2D eigenvalue weighted by atomic mass is 79.9. The first kappa shape index (κ1) is 18.7. The average molecular weight is 478 g/mol. The van der Waals surface area contributed by atoms with Crippen molar-refractivity contribution in [3.8, 4) is 16.3 Å². The number of ether oxygens (including phenoxy) is 1. The summed E-state index contributed by atoms with van der Waals surface area (Å²) in [5, 5.41) is 1.00. The van der Waals surface area contributed by atoms with Gasteiger partial charge in [-0.15, -0.1) is 11.3 Å². The number of nitrogens with zero attached hydrogens (tertiary/aromatic N) is 1. The molecule has 3 aromatic carbocycles. The number of carbonyl (C=O) groups is 1. The fourth-order valence-electron chi connectivity index (χ4n) is 3.10. The fraction of sp³-hybridized carbons (Fsp3) is 0. The first-order valence-corrected chi connectivity index (χ1v) is 10.6. The SMILES string of the molecule is O=C(Oc1ccc2c(=O)c(-c3nc4ccccc4s3)coc2c1)c1ccccc1Br. The van der Waals surface area contributed by atoms with Gasteiger partial charge in [0.15, 0.2) is 0 Å². The van der Waals surface area contributed by atoms with Crippen molar-refractivity contribution in [1.82, 2.24) is 4.98 Å². The summed E-state index contributed by atoms with van der Waals surface area (Å²) in [5.74, 6) is -0.214. The number of hydrogen-bond donors (Lipinski definition) is 0. The molecule has 7 heteroatoms. The van der Waals surface area contributed by atoms with Gasteiger partial charge in [-0.3, -0.25) is 4.79 Å². The van der Waals surface area contributed by atoms with E-state index in [4.69, 9.17) is 9.15 Å². The fourth-order valence-corrected chi connectivity index (χ4v) is 4.51. The number of hydrogen-bond acceptors (Lipinski definition) is 6. The van der Waals surface area contributed by atoms with E-state index in [2.05, 4.69) is 20.9 Å². The van der Waals surface area contributed by atoms with Crippen LogP contribution in [0, 0.1) is 0 Å². The van der Waals surface area contributed by atoms with Gasteiger partial charge in [0.2, 0.25) is 5.43 Å². The van der Waals surface area contributed by atoms with Crippen molar-refractivity contribution in [2.75, 3.05) is 0 Å². The molecule has 2 heterocycles. The van der Waals surface area contributed by atoms with Crippen LogP contribution >= 0.6 is 27.3 Å². The Morgan fingerprint density at radius 3 is 2.67 bits per heavy atom. The summed E-state index contributed by atoms with van der Waals surface area (Å²) in [6, 6.07) is 19.4. The molecule has 30 heavy (non-hydrogen) atoms. The first-order valence-electron chi connectivity index (χ1n) is 8.98. The van der Waals surface area contributed by atoms with Crippen molar-refractivity contribution in [2.24, 2.45) is 0 Å². The summed E-state index contributed by atoms with van der Waals surface area (Å²) < 4.78 is 12.8. The maximum Gasteiger partial charge on any atom is 0.344 e. The minimum Gasteiger partial charge on any atom is -0.463 e. The van der Waals surface area contributed by atoms with Crippen LogP contribution in [0.25, 0.3) is 31.8 Å². The van der Waals surface area contributed by atoms with E-state index in [9.17, 15) is 9.59 Å². The van der Waals surface area contributed by atoms with Crippen molar-refractivity contribution in [1.29, 1.82) is 0 Å². The summed E-state index contributed by atoms with van der Waals surface area (Å²) in [6.45, 7) is 0. The Kier molecular flexibility index (Phi) is 4.69. The van der Waals surface area contributed by atoms with Crippen LogP contribution < -0.4 is 10.2 Å². The number of rotatable bonds is 3. The molecular weight excluding hydrogens is 466 g/mol. The molecule has 146 valence electrons. The minimum absolute atomic E-state index is 0.181. The number of aromatic nitrogens is 1. The van der Waals surface area contributed by atoms with E-state index >= 15 is 0 Å². The second kappa shape index (κ2) is 7.51. The second-order valence-electron chi connectivity index (χ2n) is 6.49. The molecule has 0 spiro atoms. The summed E-state index contributed by atoms with van der Waals surface area (Å²) in [7, 11) is 0. The molecule has 5 rings (SSSR count). The highest BCUT2D eigenvalue weighted by Crippen LogP contribution is 2.30. The summed E-state index contributed by atoms with van der Waals surface area (Å²) in [6.07, 6.45) is 1.40. The van der Waals surface area contributed by atoms with E-state index in [0.29, 0.717) is 37.3 Å². The van der Waals surface area contributed by atoms with E-state index in [1.54, 1.807) is 30.3 Å². The molecule has 0 bridgehead atoms. The molecule has 0 radical (unpaired) electrons. The van der Waals surface area contributed by atoms with Gasteiger partial charge in [-0.25, -0.2) is 9.78 Å². The molecule has 0 saturated carbocycles. The van der Waals surface area contributed by atoms with Gasteiger partial charge in [0.25, 0.3) is 0 Å². The largest absolute Gasteiger partial charge is 0.463 e. The predicted molar refractivity (Wildman–Crippen MR) is 120 cm³/mol. The smallest absolute Gasteiger partial charge is 0.344 e. The Morgan fingerprint density at radius 2 is 1.83 bits per heavy atom. The van der Waals surface area contributed by atoms with Crippen LogP contribution in [0.5, 0.6) is 5.75 Å². The zero-order valence-corrected chi connectivity index (χ0v) is 17.7. The topological polar surface area (TPSA) is 69.4 Å². The monoisotopic (exact) mass is 477 g/mol. The van der Waals surface area contributed by atoms with Crippen LogP contribution in [-0.2, 0) is 0 Å². The number of para-hydroxylation sites is 1. The lowest BCUT2D eigenvalue weighted by Gasteiger charge is -2.07. The third-order valence-corrected chi connectivity index (χ3v) is 6.34. The molecule has 2 aromatic heterocycles. The Morgan fingerprint density at radius 1 is 1.03 bits per heavy atom. The summed E-state index contributed by atoms with van der Waals surface area (Å²) in [5.41, 5.74) is 1.81. The van der Waals surface area contributed by atoms with E-state index in [0.717, 1.165) is 10.2 Å². The normalized spacial score (nSPS) is 11.1. The summed E-state index contributed by atoms with van der Waals surface area (Å²) >= 11 is 4.78. The zero-order valence-electron chi connectivity index (χ0n) is 15.3. The van der Waals surface area contributed by atoms with Gasteiger partial charge in [0.1, 0.15) is 22.6 Å². The lowest BCUT2D eigenvalue weighted by atomic mass is 10.1. The lowest BCUT2D eigenvalue weighted by molar-refractivity contribution is 0.0734. The van der Waals surface area contributed by atoms with E-state index < -0.39 is 5.97 Å². The van der Waals surface area contributed by atoms with Gasteiger partial charge in [-0.05, 0) is 52.3 Å². The molecule has 0 aliphatic rings. The van der Waals surface area contributed by atoms with Crippen molar-refractivity contribution in [3.63, 3.8) is 0 Å².